The van der Waals surface area contributed by atoms with Crippen molar-refractivity contribution >= 4 is 35.0 Å². The molecule has 1 aliphatic rings. The topological polar surface area (TPSA) is 163 Å². The van der Waals surface area contributed by atoms with Gasteiger partial charge in [0.2, 0.25) is 11.8 Å². The number of carbonyl (C=O) groups excluding carboxylic acids is 1. The molecule has 0 radical (unpaired) electrons. The van der Waals surface area contributed by atoms with Gasteiger partial charge in [0.1, 0.15) is 11.9 Å². The third-order valence-corrected chi connectivity index (χ3v) is 4.65. The first-order valence-corrected chi connectivity index (χ1v) is 8.51. The molecule has 2 aromatic heterocycles. The first kappa shape index (κ1) is 18.9. The fourth-order valence-corrected chi connectivity index (χ4v) is 2.99. The summed E-state index contributed by atoms with van der Waals surface area (Å²) in [6.45, 7) is 0.869. The van der Waals surface area contributed by atoms with Gasteiger partial charge in [-0.25, -0.2) is 4.98 Å². The highest BCUT2D eigenvalue weighted by Crippen LogP contribution is 2.25. The van der Waals surface area contributed by atoms with Gasteiger partial charge in [-0.05, 0) is 18.9 Å². The monoisotopic (exact) mass is 395 g/mol. The van der Waals surface area contributed by atoms with Crippen molar-refractivity contribution in [1.29, 1.82) is 0 Å². The molecule has 1 amide bonds. The average molecular weight is 396 g/mol. The second-order valence-electron chi connectivity index (χ2n) is 6.32. The fourth-order valence-electron chi connectivity index (χ4n) is 2.82. The van der Waals surface area contributed by atoms with E-state index in [0.29, 0.717) is 36.6 Å². The Labute approximate surface area is 158 Å². The Morgan fingerprint density at radius 2 is 2.22 bits per heavy atom. The summed E-state index contributed by atoms with van der Waals surface area (Å²) >= 11 is 5.82. The number of rotatable bonds is 5. The molecule has 0 atom stereocenters. The maximum absolute atomic E-state index is 12.4. The maximum Gasteiger partial charge on any atom is 0.329 e. The summed E-state index contributed by atoms with van der Waals surface area (Å²) in [4.78, 5) is 34.5. The summed E-state index contributed by atoms with van der Waals surface area (Å²) < 4.78 is 0. The van der Waals surface area contributed by atoms with Crippen LogP contribution in [0.15, 0.2) is 18.5 Å². The van der Waals surface area contributed by atoms with Crippen molar-refractivity contribution in [3.05, 3.63) is 39.3 Å². The van der Waals surface area contributed by atoms with Gasteiger partial charge in [0.15, 0.2) is 0 Å². The zero-order valence-corrected chi connectivity index (χ0v) is 14.9. The standard InChI is InChI=1S/C15H18ClN7O4/c16-9-5-10(18-6-9)13(24)22-3-1-15(25,2-4-22)8-20-14-19-7-11(23(26)27)12(17)21-14/h5-7,18,25H,1-4,8H2,(H3,17,19,20,21). The molecule has 1 saturated heterocycles. The van der Waals surface area contributed by atoms with Crippen LogP contribution in [0.2, 0.25) is 5.02 Å². The normalized spacial score (nSPS) is 16.1. The highest BCUT2D eigenvalue weighted by Gasteiger charge is 2.34. The molecule has 0 spiro atoms. The van der Waals surface area contributed by atoms with E-state index in [1.54, 1.807) is 11.0 Å². The minimum Gasteiger partial charge on any atom is -0.388 e. The van der Waals surface area contributed by atoms with E-state index in [0.717, 1.165) is 6.20 Å². The number of hydrogen-bond acceptors (Lipinski definition) is 8. The number of amides is 1. The summed E-state index contributed by atoms with van der Waals surface area (Å²) in [5.74, 6) is -0.344. The van der Waals surface area contributed by atoms with Crippen LogP contribution in [0.3, 0.4) is 0 Å². The molecule has 2 aromatic rings. The number of aliphatic hydroxyl groups is 1. The Balaban J connectivity index is 1.55. The Morgan fingerprint density at radius 1 is 1.52 bits per heavy atom. The number of aromatic amines is 1. The van der Waals surface area contributed by atoms with Crippen LogP contribution in [-0.2, 0) is 0 Å². The lowest BCUT2D eigenvalue weighted by atomic mass is 9.91. The average Bonchev–Trinajstić information content (AvgIpc) is 3.06. The summed E-state index contributed by atoms with van der Waals surface area (Å²) in [6, 6.07) is 1.56. The van der Waals surface area contributed by atoms with E-state index in [1.807, 2.05) is 0 Å². The minimum absolute atomic E-state index is 0.0889. The molecular weight excluding hydrogens is 378 g/mol. The number of H-pyrrole nitrogens is 1. The molecule has 1 fully saturated rings. The predicted molar refractivity (Wildman–Crippen MR) is 97.5 cm³/mol. The van der Waals surface area contributed by atoms with Gasteiger partial charge in [-0.1, -0.05) is 11.6 Å². The van der Waals surface area contributed by atoms with Crippen LogP contribution in [0.1, 0.15) is 23.3 Å². The molecule has 0 saturated carbocycles. The summed E-state index contributed by atoms with van der Waals surface area (Å²) in [6.07, 6.45) is 3.25. The fraction of sp³-hybridized carbons (Fsp3) is 0.400. The number of halogens is 1. The van der Waals surface area contributed by atoms with Crippen molar-refractivity contribution in [2.45, 2.75) is 18.4 Å². The Morgan fingerprint density at radius 3 is 2.78 bits per heavy atom. The molecule has 11 nitrogen and oxygen atoms in total. The maximum atomic E-state index is 12.4. The lowest BCUT2D eigenvalue weighted by Crippen LogP contribution is -2.50. The molecule has 12 heteroatoms. The van der Waals surface area contributed by atoms with Crippen LogP contribution in [0.25, 0.3) is 0 Å². The van der Waals surface area contributed by atoms with E-state index in [4.69, 9.17) is 17.3 Å². The number of nitrogens with zero attached hydrogens (tertiary/aromatic N) is 4. The number of carbonyl (C=O) groups is 1. The number of nitrogens with one attached hydrogen (secondary N) is 2. The lowest BCUT2D eigenvalue weighted by Gasteiger charge is -2.38. The molecule has 0 unspecified atom stereocenters. The number of likely N-dealkylation sites (tertiary alicyclic amines) is 1. The van der Waals surface area contributed by atoms with E-state index in [1.165, 1.54) is 6.20 Å². The number of aromatic nitrogens is 3. The van der Waals surface area contributed by atoms with Gasteiger partial charge in [-0.3, -0.25) is 14.9 Å². The number of hydrogen-bond donors (Lipinski definition) is 4. The van der Waals surface area contributed by atoms with E-state index >= 15 is 0 Å². The van der Waals surface area contributed by atoms with Crippen molar-refractivity contribution in [3.8, 4) is 0 Å². The second kappa shape index (κ2) is 7.37. The molecule has 0 aliphatic carbocycles. The van der Waals surface area contributed by atoms with Gasteiger partial charge < -0.3 is 26.0 Å². The van der Waals surface area contributed by atoms with E-state index in [-0.39, 0.29) is 29.9 Å². The number of piperidine rings is 1. The van der Waals surface area contributed by atoms with Crippen LogP contribution in [0, 0.1) is 10.1 Å². The quantitative estimate of drug-likeness (QED) is 0.430. The SMILES string of the molecule is Nc1nc(NCC2(O)CCN(C(=O)c3cc(Cl)c[nH]3)CC2)ncc1[N+](=O)[O-]. The molecule has 27 heavy (non-hydrogen) atoms. The lowest BCUT2D eigenvalue weighted by molar-refractivity contribution is -0.384. The molecular formula is C15H18ClN7O4. The van der Waals surface area contributed by atoms with Crippen LogP contribution >= 0.6 is 11.6 Å². The number of anilines is 2. The van der Waals surface area contributed by atoms with Crippen molar-refractivity contribution in [2.24, 2.45) is 0 Å². The Kier molecular flexibility index (Phi) is 5.15. The molecule has 0 bridgehead atoms. The molecule has 5 N–H and O–H groups in total. The van der Waals surface area contributed by atoms with E-state index in [2.05, 4.69) is 20.3 Å². The molecule has 144 valence electrons. The minimum atomic E-state index is -1.07. The number of nitrogens with two attached hydrogens (primary N) is 1. The van der Waals surface area contributed by atoms with E-state index < -0.39 is 10.5 Å². The first-order chi connectivity index (χ1) is 12.8. The molecule has 3 rings (SSSR count). The molecule has 1 aliphatic heterocycles. The summed E-state index contributed by atoms with van der Waals surface area (Å²) in [5.41, 5.74) is 4.48. The third-order valence-electron chi connectivity index (χ3n) is 4.43. The van der Waals surface area contributed by atoms with Crippen molar-refractivity contribution in [3.63, 3.8) is 0 Å². The number of nitro groups is 1. The summed E-state index contributed by atoms with van der Waals surface area (Å²) in [7, 11) is 0. The van der Waals surface area contributed by atoms with Crippen LogP contribution in [-0.4, -0.2) is 61.0 Å². The zero-order valence-electron chi connectivity index (χ0n) is 14.2. The van der Waals surface area contributed by atoms with Gasteiger partial charge in [0, 0.05) is 25.8 Å². The van der Waals surface area contributed by atoms with Crippen molar-refractivity contribution < 1.29 is 14.8 Å². The van der Waals surface area contributed by atoms with Gasteiger partial charge in [-0.2, -0.15) is 4.98 Å². The molecule has 3 heterocycles. The number of nitrogen functional groups attached to an aromatic ring is 1. The third kappa shape index (κ3) is 4.26. The van der Waals surface area contributed by atoms with Crippen LogP contribution in [0.4, 0.5) is 17.5 Å². The van der Waals surface area contributed by atoms with Gasteiger partial charge in [0.25, 0.3) is 5.91 Å². The van der Waals surface area contributed by atoms with E-state index in [9.17, 15) is 20.0 Å². The van der Waals surface area contributed by atoms with Crippen molar-refractivity contribution in [2.75, 3.05) is 30.7 Å². The first-order valence-electron chi connectivity index (χ1n) is 8.14. The van der Waals surface area contributed by atoms with Gasteiger partial charge in [-0.15, -0.1) is 0 Å². The zero-order chi connectivity index (χ0) is 19.6. The van der Waals surface area contributed by atoms with Crippen LogP contribution in [0.5, 0.6) is 0 Å². The van der Waals surface area contributed by atoms with Crippen molar-refractivity contribution in [1.82, 2.24) is 19.9 Å². The second-order valence-corrected chi connectivity index (χ2v) is 6.76. The molecule has 0 aromatic carbocycles. The van der Waals surface area contributed by atoms with Crippen LogP contribution < -0.4 is 11.1 Å². The predicted octanol–water partition coefficient (Wildman–Crippen LogP) is 1.03. The largest absolute Gasteiger partial charge is 0.388 e. The summed E-state index contributed by atoms with van der Waals surface area (Å²) in [5, 5.41) is 24.7. The highest BCUT2D eigenvalue weighted by molar-refractivity contribution is 6.30. The van der Waals surface area contributed by atoms with Gasteiger partial charge >= 0.3 is 5.69 Å². The Hall–Kier alpha value is -2.92. The highest BCUT2D eigenvalue weighted by atomic mass is 35.5. The smallest absolute Gasteiger partial charge is 0.329 e. The Bertz CT molecular complexity index is 864. The van der Waals surface area contributed by atoms with Gasteiger partial charge in [0.05, 0.1) is 15.5 Å².